The summed E-state index contributed by atoms with van der Waals surface area (Å²) in [7, 11) is 0. The second-order valence-electron chi connectivity index (χ2n) is 6.65. The lowest BCUT2D eigenvalue weighted by atomic mass is 9.93. The van der Waals surface area contributed by atoms with E-state index in [1.807, 2.05) is 18.7 Å². The van der Waals surface area contributed by atoms with Crippen molar-refractivity contribution in [3.63, 3.8) is 0 Å². The first-order chi connectivity index (χ1) is 9.50. The first kappa shape index (κ1) is 15.3. The maximum atomic E-state index is 12.7. The van der Waals surface area contributed by atoms with Crippen LogP contribution in [0.4, 0.5) is 0 Å². The SMILES string of the molecule is CC(C)C(=O)N1CCC[C@@H](C(=O)N2CCCC[C@H]2C)C1. The molecule has 0 saturated carbocycles. The highest BCUT2D eigenvalue weighted by Gasteiger charge is 2.34. The molecular formula is C16H28N2O2. The normalized spacial score (nSPS) is 27.8. The van der Waals surface area contributed by atoms with Gasteiger partial charge in [0.25, 0.3) is 0 Å². The zero-order valence-electron chi connectivity index (χ0n) is 13.1. The lowest BCUT2D eigenvalue weighted by Gasteiger charge is -2.39. The van der Waals surface area contributed by atoms with Gasteiger partial charge in [-0.15, -0.1) is 0 Å². The number of carbonyl (C=O) groups excluding carboxylic acids is 2. The average molecular weight is 280 g/mol. The molecule has 0 aromatic rings. The number of nitrogens with zero attached hydrogens (tertiary/aromatic N) is 2. The van der Waals surface area contributed by atoms with E-state index in [1.54, 1.807) is 0 Å². The van der Waals surface area contributed by atoms with Crippen LogP contribution >= 0.6 is 0 Å². The molecule has 0 N–H and O–H groups in total. The number of piperidine rings is 2. The van der Waals surface area contributed by atoms with Crippen molar-refractivity contribution in [2.75, 3.05) is 19.6 Å². The quantitative estimate of drug-likeness (QED) is 0.778. The summed E-state index contributed by atoms with van der Waals surface area (Å²) in [6.07, 6.45) is 5.36. The monoisotopic (exact) mass is 280 g/mol. The number of hydrogen-bond acceptors (Lipinski definition) is 2. The van der Waals surface area contributed by atoms with Crippen LogP contribution in [-0.4, -0.2) is 47.3 Å². The smallest absolute Gasteiger partial charge is 0.227 e. The molecule has 2 saturated heterocycles. The van der Waals surface area contributed by atoms with E-state index in [-0.39, 0.29) is 23.7 Å². The highest BCUT2D eigenvalue weighted by atomic mass is 16.2. The Bertz CT molecular complexity index is 367. The molecule has 4 heteroatoms. The minimum Gasteiger partial charge on any atom is -0.342 e. The molecule has 2 aliphatic heterocycles. The minimum absolute atomic E-state index is 0.0204. The van der Waals surface area contributed by atoms with E-state index in [9.17, 15) is 9.59 Å². The van der Waals surface area contributed by atoms with Gasteiger partial charge in [0.15, 0.2) is 0 Å². The summed E-state index contributed by atoms with van der Waals surface area (Å²) in [6.45, 7) is 8.35. The number of carbonyl (C=O) groups is 2. The second kappa shape index (κ2) is 6.59. The molecule has 0 radical (unpaired) electrons. The molecule has 114 valence electrons. The molecule has 0 spiro atoms. The van der Waals surface area contributed by atoms with Gasteiger partial charge in [0.2, 0.25) is 11.8 Å². The fraction of sp³-hybridized carbons (Fsp3) is 0.875. The van der Waals surface area contributed by atoms with Crippen LogP contribution in [0.5, 0.6) is 0 Å². The molecule has 0 aromatic heterocycles. The van der Waals surface area contributed by atoms with Crippen LogP contribution in [0.15, 0.2) is 0 Å². The zero-order valence-corrected chi connectivity index (χ0v) is 13.1. The maximum absolute atomic E-state index is 12.7. The van der Waals surface area contributed by atoms with Crippen molar-refractivity contribution in [1.82, 2.24) is 9.80 Å². The fourth-order valence-electron chi connectivity index (χ4n) is 3.40. The van der Waals surface area contributed by atoms with Crippen molar-refractivity contribution in [3.8, 4) is 0 Å². The summed E-state index contributed by atoms with van der Waals surface area (Å²) >= 11 is 0. The lowest BCUT2D eigenvalue weighted by Crippen LogP contribution is -2.50. The Morgan fingerprint density at radius 1 is 1.05 bits per heavy atom. The van der Waals surface area contributed by atoms with Gasteiger partial charge in [0.1, 0.15) is 0 Å². The first-order valence-corrected chi connectivity index (χ1v) is 8.10. The molecule has 2 rings (SSSR count). The van der Waals surface area contributed by atoms with Gasteiger partial charge in [-0.3, -0.25) is 9.59 Å². The number of amides is 2. The Balaban J connectivity index is 1.97. The first-order valence-electron chi connectivity index (χ1n) is 8.10. The van der Waals surface area contributed by atoms with Gasteiger partial charge in [0, 0.05) is 31.6 Å². The van der Waals surface area contributed by atoms with Crippen molar-refractivity contribution < 1.29 is 9.59 Å². The molecule has 2 atom stereocenters. The van der Waals surface area contributed by atoms with Gasteiger partial charge in [0.05, 0.1) is 5.92 Å². The van der Waals surface area contributed by atoms with Gasteiger partial charge in [-0.1, -0.05) is 13.8 Å². The predicted octanol–water partition coefficient (Wildman–Crippen LogP) is 2.28. The molecule has 2 amide bonds. The highest BCUT2D eigenvalue weighted by Crippen LogP contribution is 2.24. The topological polar surface area (TPSA) is 40.6 Å². The summed E-state index contributed by atoms with van der Waals surface area (Å²) in [5.74, 6) is 0.511. The van der Waals surface area contributed by atoms with Crippen LogP contribution in [0, 0.1) is 11.8 Å². The van der Waals surface area contributed by atoms with Gasteiger partial charge in [-0.2, -0.15) is 0 Å². The fourth-order valence-corrected chi connectivity index (χ4v) is 3.40. The van der Waals surface area contributed by atoms with Crippen molar-refractivity contribution >= 4 is 11.8 Å². The van der Waals surface area contributed by atoms with Crippen LogP contribution in [-0.2, 0) is 9.59 Å². The van der Waals surface area contributed by atoms with E-state index in [0.717, 1.165) is 38.8 Å². The van der Waals surface area contributed by atoms with E-state index in [4.69, 9.17) is 0 Å². The van der Waals surface area contributed by atoms with E-state index in [2.05, 4.69) is 11.8 Å². The molecule has 0 aliphatic carbocycles. The van der Waals surface area contributed by atoms with E-state index >= 15 is 0 Å². The van der Waals surface area contributed by atoms with E-state index < -0.39 is 0 Å². The third-order valence-corrected chi connectivity index (χ3v) is 4.66. The summed E-state index contributed by atoms with van der Waals surface area (Å²) in [4.78, 5) is 28.7. The summed E-state index contributed by atoms with van der Waals surface area (Å²) < 4.78 is 0. The number of rotatable bonds is 2. The molecule has 0 aromatic carbocycles. The molecule has 0 unspecified atom stereocenters. The maximum Gasteiger partial charge on any atom is 0.227 e. The van der Waals surface area contributed by atoms with Gasteiger partial charge in [-0.05, 0) is 39.0 Å². The number of likely N-dealkylation sites (tertiary alicyclic amines) is 2. The largest absolute Gasteiger partial charge is 0.342 e. The summed E-state index contributed by atoms with van der Waals surface area (Å²) in [5.41, 5.74) is 0. The standard InChI is InChI=1S/C16H28N2O2/c1-12(2)15(19)17-9-6-8-14(11-17)16(20)18-10-5-4-7-13(18)3/h12-14H,4-11H2,1-3H3/t13-,14-/m1/s1. The Hall–Kier alpha value is -1.06. The van der Waals surface area contributed by atoms with Crippen LogP contribution in [0.2, 0.25) is 0 Å². The van der Waals surface area contributed by atoms with Crippen molar-refractivity contribution in [2.45, 2.75) is 58.9 Å². The Morgan fingerprint density at radius 2 is 1.80 bits per heavy atom. The van der Waals surface area contributed by atoms with Gasteiger partial charge < -0.3 is 9.80 Å². The van der Waals surface area contributed by atoms with Crippen molar-refractivity contribution in [1.29, 1.82) is 0 Å². The minimum atomic E-state index is 0.0204. The van der Waals surface area contributed by atoms with E-state index in [1.165, 1.54) is 6.42 Å². The Labute approximate surface area is 122 Å². The lowest BCUT2D eigenvalue weighted by molar-refractivity contribution is -0.144. The van der Waals surface area contributed by atoms with Crippen molar-refractivity contribution in [2.24, 2.45) is 11.8 Å². The molecule has 4 nitrogen and oxygen atoms in total. The van der Waals surface area contributed by atoms with Gasteiger partial charge >= 0.3 is 0 Å². The zero-order chi connectivity index (χ0) is 14.7. The summed E-state index contributed by atoms with van der Waals surface area (Å²) in [5, 5.41) is 0. The van der Waals surface area contributed by atoms with Crippen LogP contribution in [0.3, 0.4) is 0 Å². The van der Waals surface area contributed by atoms with Crippen LogP contribution in [0.25, 0.3) is 0 Å². The predicted molar refractivity (Wildman–Crippen MR) is 79.2 cm³/mol. The third-order valence-electron chi connectivity index (χ3n) is 4.66. The third kappa shape index (κ3) is 3.33. The number of hydrogen-bond donors (Lipinski definition) is 0. The Kier molecular flexibility index (Phi) is 5.06. The second-order valence-corrected chi connectivity index (χ2v) is 6.65. The highest BCUT2D eigenvalue weighted by molar-refractivity contribution is 5.82. The van der Waals surface area contributed by atoms with Crippen molar-refractivity contribution in [3.05, 3.63) is 0 Å². The molecular weight excluding hydrogens is 252 g/mol. The molecule has 0 bridgehead atoms. The van der Waals surface area contributed by atoms with E-state index in [0.29, 0.717) is 12.6 Å². The molecule has 2 fully saturated rings. The average Bonchev–Trinajstić information content (AvgIpc) is 2.46. The molecule has 2 aliphatic rings. The van der Waals surface area contributed by atoms with Crippen LogP contribution < -0.4 is 0 Å². The molecule has 2 heterocycles. The Morgan fingerprint density at radius 3 is 2.45 bits per heavy atom. The van der Waals surface area contributed by atoms with Crippen LogP contribution in [0.1, 0.15) is 52.9 Å². The van der Waals surface area contributed by atoms with Gasteiger partial charge in [-0.25, -0.2) is 0 Å². The molecule has 20 heavy (non-hydrogen) atoms. The summed E-state index contributed by atoms with van der Waals surface area (Å²) in [6, 6.07) is 0.368.